The molecule has 0 spiro atoms. The molecule has 0 saturated carbocycles. The van der Waals surface area contributed by atoms with Crippen LogP contribution >= 0.6 is 11.3 Å². The van der Waals surface area contributed by atoms with Crippen LogP contribution in [-0.2, 0) is 6.42 Å². The van der Waals surface area contributed by atoms with Gasteiger partial charge in [-0.05, 0) is 26.3 Å². The molecule has 0 saturated heterocycles. The Bertz CT molecular complexity index is 307. The van der Waals surface area contributed by atoms with Crippen molar-refractivity contribution in [3.05, 3.63) is 15.6 Å². The zero-order chi connectivity index (χ0) is 12.0. The third kappa shape index (κ3) is 3.56. The number of aryl methyl sites for hydroxylation is 2. The minimum Gasteiger partial charge on any atom is -0.308 e. The van der Waals surface area contributed by atoms with E-state index in [1.807, 2.05) is 11.3 Å². The van der Waals surface area contributed by atoms with Gasteiger partial charge in [0.2, 0.25) is 0 Å². The van der Waals surface area contributed by atoms with Gasteiger partial charge >= 0.3 is 0 Å². The quantitative estimate of drug-likeness (QED) is 0.783. The first-order valence-corrected chi connectivity index (χ1v) is 7.24. The van der Waals surface area contributed by atoms with Crippen LogP contribution in [0.15, 0.2) is 0 Å². The van der Waals surface area contributed by atoms with E-state index in [0.29, 0.717) is 6.04 Å². The highest BCUT2D eigenvalue weighted by atomic mass is 32.1. The monoisotopic (exact) mass is 240 g/mol. The lowest BCUT2D eigenvalue weighted by molar-refractivity contribution is 0.492. The summed E-state index contributed by atoms with van der Waals surface area (Å²) in [6.07, 6.45) is 4.79. The summed E-state index contributed by atoms with van der Waals surface area (Å²) in [7, 11) is 0. The Morgan fingerprint density at radius 3 is 2.56 bits per heavy atom. The molecule has 1 atom stereocenters. The van der Waals surface area contributed by atoms with E-state index < -0.39 is 0 Å². The maximum absolute atomic E-state index is 4.76. The van der Waals surface area contributed by atoms with Crippen molar-refractivity contribution in [3.63, 3.8) is 0 Å². The van der Waals surface area contributed by atoms with Crippen LogP contribution in [-0.4, -0.2) is 11.5 Å². The number of rotatable bonds is 7. The van der Waals surface area contributed by atoms with E-state index in [1.54, 1.807) is 0 Å². The van der Waals surface area contributed by atoms with E-state index in [0.717, 1.165) is 13.0 Å². The summed E-state index contributed by atoms with van der Waals surface area (Å²) in [5.41, 5.74) is 1.28. The third-order valence-electron chi connectivity index (χ3n) is 2.84. The van der Waals surface area contributed by atoms with Gasteiger partial charge in [-0.2, -0.15) is 0 Å². The van der Waals surface area contributed by atoms with Gasteiger partial charge in [-0.15, -0.1) is 11.3 Å². The van der Waals surface area contributed by atoms with Gasteiger partial charge < -0.3 is 5.32 Å². The Kier molecular flexibility index (Phi) is 5.99. The van der Waals surface area contributed by atoms with E-state index in [4.69, 9.17) is 4.98 Å². The maximum Gasteiger partial charge on any atom is 0.110 e. The molecule has 2 nitrogen and oxygen atoms in total. The summed E-state index contributed by atoms with van der Waals surface area (Å²) >= 11 is 1.86. The highest BCUT2D eigenvalue weighted by Gasteiger charge is 2.15. The molecule has 1 aromatic heterocycles. The number of hydrogen-bond acceptors (Lipinski definition) is 3. The first-order chi connectivity index (χ1) is 7.72. The fraction of sp³-hybridized carbons (Fsp3) is 0.769. The normalized spacial score (nSPS) is 13.0. The van der Waals surface area contributed by atoms with Gasteiger partial charge in [-0.25, -0.2) is 4.98 Å². The molecule has 0 aliphatic rings. The van der Waals surface area contributed by atoms with Crippen molar-refractivity contribution in [1.29, 1.82) is 0 Å². The molecule has 0 fully saturated rings. The Balaban J connectivity index is 2.74. The third-order valence-corrected chi connectivity index (χ3v) is 3.97. The Morgan fingerprint density at radius 1 is 1.31 bits per heavy atom. The summed E-state index contributed by atoms with van der Waals surface area (Å²) in [4.78, 5) is 6.14. The van der Waals surface area contributed by atoms with E-state index >= 15 is 0 Å². The van der Waals surface area contributed by atoms with Crippen molar-refractivity contribution in [2.75, 3.05) is 6.54 Å². The standard InChI is InChI=1S/C13H24N2S/c1-5-8-9-12(14-7-3)13-15-11(6-2)10(4)16-13/h12,14H,5-9H2,1-4H3. The number of nitrogens with one attached hydrogen (secondary N) is 1. The number of unbranched alkanes of at least 4 members (excludes halogenated alkanes) is 1. The molecule has 1 rings (SSSR count). The second-order valence-corrected chi connectivity index (χ2v) is 5.40. The van der Waals surface area contributed by atoms with Gasteiger partial charge in [0, 0.05) is 4.88 Å². The molecule has 1 N–H and O–H groups in total. The Labute approximate surface area is 103 Å². The summed E-state index contributed by atoms with van der Waals surface area (Å²) in [6.45, 7) is 9.80. The molecule has 92 valence electrons. The van der Waals surface area contributed by atoms with Crippen molar-refractivity contribution in [2.24, 2.45) is 0 Å². The molecule has 0 aromatic carbocycles. The van der Waals surface area contributed by atoms with Gasteiger partial charge in [0.1, 0.15) is 5.01 Å². The lowest BCUT2D eigenvalue weighted by Crippen LogP contribution is -2.20. The van der Waals surface area contributed by atoms with Gasteiger partial charge in [0.05, 0.1) is 11.7 Å². The van der Waals surface area contributed by atoms with Crippen LogP contribution in [0, 0.1) is 6.92 Å². The van der Waals surface area contributed by atoms with Crippen LogP contribution in [0.4, 0.5) is 0 Å². The highest BCUT2D eigenvalue weighted by molar-refractivity contribution is 7.11. The second-order valence-electron chi connectivity index (χ2n) is 4.16. The van der Waals surface area contributed by atoms with Crippen molar-refractivity contribution in [3.8, 4) is 0 Å². The summed E-state index contributed by atoms with van der Waals surface area (Å²) in [6, 6.07) is 0.467. The second kappa shape index (κ2) is 7.02. The van der Waals surface area contributed by atoms with Gasteiger partial charge in [0.25, 0.3) is 0 Å². The van der Waals surface area contributed by atoms with Crippen molar-refractivity contribution < 1.29 is 0 Å². The number of thiazole rings is 1. The molecule has 0 amide bonds. The lowest BCUT2D eigenvalue weighted by Gasteiger charge is -2.14. The minimum atomic E-state index is 0.467. The number of nitrogens with zero attached hydrogens (tertiary/aromatic N) is 1. The van der Waals surface area contributed by atoms with Crippen LogP contribution in [0.3, 0.4) is 0 Å². The van der Waals surface area contributed by atoms with Gasteiger partial charge in [0.15, 0.2) is 0 Å². The summed E-state index contributed by atoms with van der Waals surface area (Å²) in [5.74, 6) is 0. The number of aromatic nitrogens is 1. The van der Waals surface area contributed by atoms with Gasteiger partial charge in [-0.3, -0.25) is 0 Å². The molecule has 16 heavy (non-hydrogen) atoms. The van der Waals surface area contributed by atoms with E-state index in [1.165, 1.54) is 34.8 Å². The van der Waals surface area contributed by atoms with Crippen LogP contribution in [0.5, 0.6) is 0 Å². The molecule has 1 aromatic rings. The predicted octanol–water partition coefficient (Wildman–Crippen LogP) is 3.85. The fourth-order valence-corrected chi connectivity index (χ4v) is 3.02. The molecule has 0 aliphatic heterocycles. The largest absolute Gasteiger partial charge is 0.308 e. The molecule has 1 unspecified atom stereocenters. The first-order valence-electron chi connectivity index (χ1n) is 6.42. The highest BCUT2D eigenvalue weighted by Crippen LogP contribution is 2.26. The average molecular weight is 240 g/mol. The van der Waals surface area contributed by atoms with Crippen molar-refractivity contribution in [1.82, 2.24) is 10.3 Å². The zero-order valence-corrected chi connectivity index (χ0v) is 11.8. The van der Waals surface area contributed by atoms with E-state index in [9.17, 15) is 0 Å². The molecule has 0 radical (unpaired) electrons. The maximum atomic E-state index is 4.76. The molecular weight excluding hydrogens is 216 g/mol. The fourth-order valence-electron chi connectivity index (χ4n) is 1.89. The van der Waals surface area contributed by atoms with Crippen molar-refractivity contribution in [2.45, 2.75) is 59.4 Å². The zero-order valence-electron chi connectivity index (χ0n) is 11.0. The van der Waals surface area contributed by atoms with Crippen LogP contribution in [0.1, 0.15) is 61.7 Å². The molecular formula is C13H24N2S. The Morgan fingerprint density at radius 2 is 2.06 bits per heavy atom. The van der Waals surface area contributed by atoms with Crippen LogP contribution < -0.4 is 5.32 Å². The van der Waals surface area contributed by atoms with Crippen LogP contribution in [0.25, 0.3) is 0 Å². The van der Waals surface area contributed by atoms with Gasteiger partial charge in [-0.1, -0.05) is 33.6 Å². The van der Waals surface area contributed by atoms with Crippen molar-refractivity contribution >= 4 is 11.3 Å². The Hall–Kier alpha value is -0.410. The smallest absolute Gasteiger partial charge is 0.110 e. The van der Waals surface area contributed by atoms with Crippen LogP contribution in [0.2, 0.25) is 0 Å². The summed E-state index contributed by atoms with van der Waals surface area (Å²) in [5, 5.41) is 4.83. The first kappa shape index (κ1) is 13.7. The average Bonchev–Trinajstić information content (AvgIpc) is 2.65. The molecule has 0 aliphatic carbocycles. The lowest BCUT2D eigenvalue weighted by atomic mass is 10.1. The predicted molar refractivity (Wildman–Crippen MR) is 72.2 cm³/mol. The SMILES string of the molecule is CCCCC(NCC)c1nc(CC)c(C)s1. The molecule has 1 heterocycles. The molecule has 0 bridgehead atoms. The van der Waals surface area contributed by atoms with E-state index in [-0.39, 0.29) is 0 Å². The molecule has 3 heteroatoms. The summed E-state index contributed by atoms with van der Waals surface area (Å²) < 4.78 is 0. The minimum absolute atomic E-state index is 0.467. The topological polar surface area (TPSA) is 24.9 Å². The number of hydrogen-bond donors (Lipinski definition) is 1. The van der Waals surface area contributed by atoms with E-state index in [2.05, 4.69) is 33.0 Å².